The molecule has 1 heterocycles. The molecule has 0 spiro atoms. The third-order valence-corrected chi connectivity index (χ3v) is 3.80. The molecule has 0 aromatic heterocycles. The smallest absolute Gasteiger partial charge is 0.137 e. The maximum absolute atomic E-state index is 14.7. The van der Waals surface area contributed by atoms with Crippen molar-refractivity contribution >= 4 is 23.2 Å². The summed E-state index contributed by atoms with van der Waals surface area (Å²) in [5.41, 5.74) is -0.622. The normalized spacial score (nSPS) is 26.4. The Kier molecular flexibility index (Phi) is 3.73. The highest BCUT2D eigenvalue weighted by atomic mass is 35.5. The van der Waals surface area contributed by atoms with Crippen LogP contribution in [0.25, 0.3) is 0 Å². The van der Waals surface area contributed by atoms with Crippen LogP contribution in [0.5, 0.6) is 0 Å². The second kappa shape index (κ2) is 4.91. The highest BCUT2D eigenvalue weighted by molar-refractivity contribution is 6.42. The summed E-state index contributed by atoms with van der Waals surface area (Å²) in [6.07, 6.45) is 1.87. The number of nitrogens with one attached hydrogen (secondary N) is 1. The Bertz CT molecular complexity index is 373. The molecular formula is C12H14Cl2FN. The van der Waals surface area contributed by atoms with Crippen molar-refractivity contribution in [2.24, 2.45) is 0 Å². The van der Waals surface area contributed by atoms with E-state index in [2.05, 4.69) is 5.32 Å². The molecule has 1 unspecified atom stereocenters. The van der Waals surface area contributed by atoms with Crippen molar-refractivity contribution in [3.8, 4) is 0 Å². The average molecular weight is 262 g/mol. The van der Waals surface area contributed by atoms with Gasteiger partial charge >= 0.3 is 0 Å². The molecule has 0 saturated carbocycles. The summed E-state index contributed by atoms with van der Waals surface area (Å²) in [4.78, 5) is 0. The Hall–Kier alpha value is -0.310. The predicted molar refractivity (Wildman–Crippen MR) is 66.0 cm³/mol. The summed E-state index contributed by atoms with van der Waals surface area (Å²) in [5.74, 6) is 0. The van der Waals surface area contributed by atoms with Crippen molar-refractivity contribution in [3.05, 3.63) is 33.8 Å². The van der Waals surface area contributed by atoms with Crippen LogP contribution in [-0.4, -0.2) is 13.1 Å². The molecule has 4 heteroatoms. The minimum Gasteiger partial charge on any atom is -0.317 e. The molecule has 88 valence electrons. The van der Waals surface area contributed by atoms with Crippen molar-refractivity contribution in [3.63, 3.8) is 0 Å². The topological polar surface area (TPSA) is 12.0 Å². The van der Waals surface area contributed by atoms with Gasteiger partial charge in [-0.25, -0.2) is 4.39 Å². The van der Waals surface area contributed by atoms with Gasteiger partial charge < -0.3 is 5.32 Å². The van der Waals surface area contributed by atoms with Gasteiger partial charge in [0, 0.05) is 0 Å². The van der Waals surface area contributed by atoms with Crippen molar-refractivity contribution < 1.29 is 4.39 Å². The molecule has 1 atom stereocenters. The first-order valence-electron chi connectivity index (χ1n) is 5.47. The quantitative estimate of drug-likeness (QED) is 0.808. The lowest BCUT2D eigenvalue weighted by molar-refractivity contribution is 0.145. The van der Waals surface area contributed by atoms with Gasteiger partial charge in [0.2, 0.25) is 0 Å². The van der Waals surface area contributed by atoms with E-state index in [1.165, 1.54) is 0 Å². The molecule has 0 radical (unpaired) electrons. The fourth-order valence-corrected chi connectivity index (χ4v) is 2.39. The van der Waals surface area contributed by atoms with Gasteiger partial charge in [-0.1, -0.05) is 29.3 Å². The summed E-state index contributed by atoms with van der Waals surface area (Å²) >= 11 is 11.8. The Balaban J connectivity index is 2.29. The van der Waals surface area contributed by atoms with Crippen LogP contribution in [-0.2, 0) is 5.67 Å². The summed E-state index contributed by atoms with van der Waals surface area (Å²) in [6.45, 7) is 1.59. The molecule has 1 aromatic carbocycles. The van der Waals surface area contributed by atoms with E-state index >= 15 is 0 Å². The zero-order valence-corrected chi connectivity index (χ0v) is 10.4. The Morgan fingerprint density at radius 2 is 1.94 bits per heavy atom. The van der Waals surface area contributed by atoms with Crippen molar-refractivity contribution in [1.29, 1.82) is 0 Å². The molecular weight excluding hydrogens is 248 g/mol. The standard InChI is InChI=1S/C12H14Cl2FN/c13-10-3-2-9(8-11(10)14)12(15)4-1-6-16-7-5-12/h2-3,8,16H,1,4-7H2. The largest absolute Gasteiger partial charge is 0.317 e. The molecule has 0 aliphatic carbocycles. The summed E-state index contributed by atoms with van der Waals surface area (Å²) in [7, 11) is 0. The first-order chi connectivity index (χ1) is 7.62. The van der Waals surface area contributed by atoms with Crippen LogP contribution in [0.4, 0.5) is 4.39 Å². The van der Waals surface area contributed by atoms with E-state index in [9.17, 15) is 4.39 Å². The van der Waals surface area contributed by atoms with E-state index < -0.39 is 5.67 Å². The fraction of sp³-hybridized carbons (Fsp3) is 0.500. The highest BCUT2D eigenvalue weighted by Crippen LogP contribution is 2.38. The third kappa shape index (κ3) is 2.50. The molecule has 1 fully saturated rings. The summed E-state index contributed by atoms with van der Waals surface area (Å²) < 4.78 is 14.7. The molecule has 1 aromatic rings. The van der Waals surface area contributed by atoms with Crippen molar-refractivity contribution in [2.75, 3.05) is 13.1 Å². The lowest BCUT2D eigenvalue weighted by Gasteiger charge is -2.24. The molecule has 1 N–H and O–H groups in total. The maximum atomic E-state index is 14.7. The second-order valence-corrected chi connectivity index (χ2v) is 5.01. The van der Waals surface area contributed by atoms with E-state index in [1.54, 1.807) is 18.2 Å². The lowest BCUT2D eigenvalue weighted by Crippen LogP contribution is -2.22. The molecule has 0 bridgehead atoms. The molecule has 1 nitrogen and oxygen atoms in total. The Morgan fingerprint density at radius 3 is 2.69 bits per heavy atom. The van der Waals surface area contributed by atoms with Gasteiger partial charge in [-0.3, -0.25) is 0 Å². The van der Waals surface area contributed by atoms with Crippen molar-refractivity contribution in [2.45, 2.75) is 24.9 Å². The minimum atomic E-state index is -1.27. The number of halogens is 3. The molecule has 2 rings (SSSR count). The highest BCUT2D eigenvalue weighted by Gasteiger charge is 2.32. The molecule has 0 amide bonds. The van der Waals surface area contributed by atoms with Gasteiger partial charge in [-0.15, -0.1) is 0 Å². The number of hydrogen-bond donors (Lipinski definition) is 1. The first kappa shape index (κ1) is 12.2. The van der Waals surface area contributed by atoms with E-state index in [4.69, 9.17) is 23.2 Å². The number of alkyl halides is 1. The van der Waals surface area contributed by atoms with Crippen LogP contribution < -0.4 is 5.32 Å². The van der Waals surface area contributed by atoms with Gasteiger partial charge in [0.15, 0.2) is 0 Å². The van der Waals surface area contributed by atoms with Gasteiger partial charge in [0.05, 0.1) is 10.0 Å². The van der Waals surface area contributed by atoms with Crippen LogP contribution in [0.15, 0.2) is 18.2 Å². The lowest BCUT2D eigenvalue weighted by atomic mass is 9.89. The van der Waals surface area contributed by atoms with E-state index in [0.717, 1.165) is 13.0 Å². The minimum absolute atomic E-state index is 0.424. The van der Waals surface area contributed by atoms with Gasteiger partial charge in [0.1, 0.15) is 5.67 Å². The number of hydrogen-bond acceptors (Lipinski definition) is 1. The molecule has 16 heavy (non-hydrogen) atoms. The van der Waals surface area contributed by atoms with Crippen LogP contribution in [0.3, 0.4) is 0 Å². The molecule has 1 saturated heterocycles. The van der Waals surface area contributed by atoms with Crippen LogP contribution in [0.1, 0.15) is 24.8 Å². The average Bonchev–Trinajstić information content (AvgIpc) is 2.48. The fourth-order valence-electron chi connectivity index (χ4n) is 2.09. The number of benzene rings is 1. The first-order valence-corrected chi connectivity index (χ1v) is 6.23. The zero-order chi connectivity index (χ0) is 11.6. The van der Waals surface area contributed by atoms with Gasteiger partial charge in [0.25, 0.3) is 0 Å². The van der Waals surface area contributed by atoms with Crippen LogP contribution in [0.2, 0.25) is 10.0 Å². The van der Waals surface area contributed by atoms with Gasteiger partial charge in [-0.2, -0.15) is 0 Å². The Labute approximate surface area is 105 Å². The zero-order valence-electron chi connectivity index (χ0n) is 8.90. The van der Waals surface area contributed by atoms with Crippen molar-refractivity contribution in [1.82, 2.24) is 5.32 Å². The van der Waals surface area contributed by atoms with E-state index in [-0.39, 0.29) is 0 Å². The van der Waals surface area contributed by atoms with Gasteiger partial charge in [-0.05, 0) is 50.0 Å². The molecule has 1 aliphatic rings. The monoisotopic (exact) mass is 261 g/mol. The predicted octanol–water partition coefficient (Wildman–Crippen LogP) is 3.93. The van der Waals surface area contributed by atoms with Crippen LogP contribution >= 0.6 is 23.2 Å². The Morgan fingerprint density at radius 1 is 1.12 bits per heavy atom. The van der Waals surface area contributed by atoms with E-state index in [0.29, 0.717) is 35.0 Å². The summed E-state index contributed by atoms with van der Waals surface area (Å²) in [5, 5.41) is 4.10. The van der Waals surface area contributed by atoms with Crippen LogP contribution in [0, 0.1) is 0 Å². The number of rotatable bonds is 1. The SMILES string of the molecule is FC1(c2ccc(Cl)c(Cl)c2)CCCNCC1. The third-order valence-electron chi connectivity index (χ3n) is 3.06. The second-order valence-electron chi connectivity index (χ2n) is 4.20. The maximum Gasteiger partial charge on any atom is 0.137 e. The molecule has 1 aliphatic heterocycles. The summed E-state index contributed by atoms with van der Waals surface area (Å²) in [6, 6.07) is 5.05. The van der Waals surface area contributed by atoms with E-state index in [1.807, 2.05) is 0 Å².